The van der Waals surface area contributed by atoms with Crippen LogP contribution in [0.1, 0.15) is 32.0 Å². The molecule has 1 N–H and O–H groups in total. The van der Waals surface area contributed by atoms with Gasteiger partial charge in [0.05, 0.1) is 10.6 Å². The fourth-order valence-electron chi connectivity index (χ4n) is 2.69. The zero-order valence-corrected chi connectivity index (χ0v) is 16.6. The van der Waals surface area contributed by atoms with E-state index in [1.165, 1.54) is 18.2 Å². The fourth-order valence-corrected chi connectivity index (χ4v) is 2.88. The highest BCUT2D eigenvalue weighted by molar-refractivity contribution is 6.33. The summed E-state index contributed by atoms with van der Waals surface area (Å²) in [5.74, 6) is -0.621. The van der Waals surface area contributed by atoms with E-state index >= 15 is 0 Å². The number of carbonyl (C=O) groups excluding carboxylic acids is 3. The van der Waals surface area contributed by atoms with Crippen LogP contribution in [0.15, 0.2) is 52.9 Å². The maximum Gasteiger partial charge on any atom is 0.340 e. The highest BCUT2D eigenvalue weighted by atomic mass is 35.5. The summed E-state index contributed by atoms with van der Waals surface area (Å²) < 4.78 is 10.5. The smallest absolute Gasteiger partial charge is 0.340 e. The van der Waals surface area contributed by atoms with Crippen LogP contribution in [0.5, 0.6) is 0 Å². The van der Waals surface area contributed by atoms with Crippen molar-refractivity contribution in [2.75, 3.05) is 11.9 Å². The third kappa shape index (κ3) is 4.73. The number of carbonyl (C=O) groups is 3. The van der Waals surface area contributed by atoms with Crippen LogP contribution in [-0.2, 0) is 9.53 Å². The highest BCUT2D eigenvalue weighted by Crippen LogP contribution is 2.27. The number of rotatable bonds is 6. The minimum absolute atomic E-state index is 0.0905. The Morgan fingerprint density at radius 1 is 1.14 bits per heavy atom. The number of aryl methyl sites for hydroxylation is 1. The minimum atomic E-state index is -0.741. The second-order valence-electron chi connectivity index (χ2n) is 6.39. The largest absolute Gasteiger partial charge is 0.453 e. The third-order valence-electron chi connectivity index (χ3n) is 4.43. The van der Waals surface area contributed by atoms with Crippen LogP contribution < -0.4 is 5.32 Å². The van der Waals surface area contributed by atoms with Gasteiger partial charge in [0.1, 0.15) is 5.76 Å². The molecule has 0 unspecified atom stereocenters. The number of ether oxygens (including phenoxy) is 1. The van der Waals surface area contributed by atoms with Gasteiger partial charge < -0.3 is 14.5 Å². The average molecular weight is 412 g/mol. The molecular weight excluding hydrogens is 394 g/mol. The Balaban J connectivity index is 1.68. The van der Waals surface area contributed by atoms with E-state index in [0.29, 0.717) is 23.3 Å². The Bertz CT molecular complexity index is 1090. The molecule has 148 valence electrons. The predicted molar refractivity (Wildman–Crippen MR) is 109 cm³/mol. The first-order valence-corrected chi connectivity index (χ1v) is 9.15. The summed E-state index contributed by atoms with van der Waals surface area (Å²) in [5.41, 5.74) is 3.28. The number of halogens is 1. The van der Waals surface area contributed by atoms with Gasteiger partial charge in [-0.2, -0.15) is 0 Å². The molecule has 0 aliphatic carbocycles. The lowest BCUT2D eigenvalue weighted by molar-refractivity contribution is -0.119. The molecule has 0 fully saturated rings. The molecule has 3 rings (SSSR count). The van der Waals surface area contributed by atoms with E-state index in [1.807, 2.05) is 26.0 Å². The third-order valence-corrected chi connectivity index (χ3v) is 4.76. The fraction of sp³-hybridized carbons (Fsp3) is 0.136. The van der Waals surface area contributed by atoms with E-state index in [-0.39, 0.29) is 16.3 Å². The molecule has 7 heteroatoms. The molecule has 29 heavy (non-hydrogen) atoms. The van der Waals surface area contributed by atoms with E-state index in [0.717, 1.165) is 11.1 Å². The monoisotopic (exact) mass is 411 g/mol. The molecule has 0 aliphatic heterocycles. The van der Waals surface area contributed by atoms with Crippen LogP contribution in [0, 0.1) is 13.8 Å². The lowest BCUT2D eigenvalue weighted by Gasteiger charge is -2.11. The molecule has 0 atom stereocenters. The highest BCUT2D eigenvalue weighted by Gasteiger charge is 2.17. The summed E-state index contributed by atoms with van der Waals surface area (Å²) >= 11 is 6.11. The van der Waals surface area contributed by atoms with Crippen molar-refractivity contribution in [3.8, 4) is 11.3 Å². The normalized spacial score (nSPS) is 10.4. The first-order chi connectivity index (χ1) is 13.9. The number of esters is 1. The lowest BCUT2D eigenvalue weighted by atomic mass is 10.1. The van der Waals surface area contributed by atoms with Gasteiger partial charge in [-0.15, -0.1) is 0 Å². The zero-order chi connectivity index (χ0) is 21.0. The number of nitrogens with one attached hydrogen (secondary N) is 1. The van der Waals surface area contributed by atoms with Crippen LogP contribution in [-0.4, -0.2) is 24.8 Å². The molecule has 2 aromatic carbocycles. The van der Waals surface area contributed by atoms with Gasteiger partial charge >= 0.3 is 5.97 Å². The van der Waals surface area contributed by atoms with Crippen molar-refractivity contribution in [1.82, 2.24) is 0 Å². The van der Waals surface area contributed by atoms with Gasteiger partial charge in [0.15, 0.2) is 18.7 Å². The minimum Gasteiger partial charge on any atom is -0.453 e. The molecule has 1 amide bonds. The number of furan rings is 1. The molecule has 1 heterocycles. The zero-order valence-electron chi connectivity index (χ0n) is 15.8. The van der Waals surface area contributed by atoms with E-state index in [4.69, 9.17) is 20.8 Å². The molecule has 0 saturated carbocycles. The van der Waals surface area contributed by atoms with Gasteiger partial charge in [0.25, 0.3) is 5.91 Å². The van der Waals surface area contributed by atoms with Crippen molar-refractivity contribution in [3.63, 3.8) is 0 Å². The summed E-state index contributed by atoms with van der Waals surface area (Å²) in [6.45, 7) is 3.38. The topological polar surface area (TPSA) is 85.6 Å². The maximum atomic E-state index is 12.4. The molecule has 3 aromatic rings. The second-order valence-corrected chi connectivity index (χ2v) is 6.79. The summed E-state index contributed by atoms with van der Waals surface area (Å²) in [4.78, 5) is 35.3. The SMILES string of the molecule is Cc1cccc(NC(=O)COC(=O)c2cc(-c3ccc(C=O)o3)ccc2Cl)c1C. The second kappa shape index (κ2) is 8.75. The molecule has 1 aromatic heterocycles. The van der Waals surface area contributed by atoms with E-state index < -0.39 is 18.5 Å². The summed E-state index contributed by atoms with van der Waals surface area (Å²) in [5, 5.41) is 2.90. The number of amides is 1. The Labute approximate surface area is 172 Å². The van der Waals surface area contributed by atoms with Crippen LogP contribution in [0.2, 0.25) is 5.02 Å². The molecular formula is C22H18ClNO5. The van der Waals surface area contributed by atoms with Crippen molar-refractivity contribution in [2.45, 2.75) is 13.8 Å². The Morgan fingerprint density at radius 2 is 1.93 bits per heavy atom. The molecule has 6 nitrogen and oxygen atoms in total. The van der Waals surface area contributed by atoms with E-state index in [1.54, 1.807) is 18.2 Å². The van der Waals surface area contributed by atoms with Crippen molar-refractivity contribution in [1.29, 1.82) is 0 Å². The maximum absolute atomic E-state index is 12.4. The summed E-state index contributed by atoms with van der Waals surface area (Å²) in [7, 11) is 0. The van der Waals surface area contributed by atoms with Crippen molar-refractivity contribution >= 4 is 35.5 Å². The summed E-state index contributed by atoms with van der Waals surface area (Å²) in [6.07, 6.45) is 0.586. The quantitative estimate of drug-likeness (QED) is 0.464. The molecule has 0 bridgehead atoms. The van der Waals surface area contributed by atoms with Gasteiger partial charge in [-0.05, 0) is 61.4 Å². The van der Waals surface area contributed by atoms with Crippen molar-refractivity contribution < 1.29 is 23.5 Å². The number of benzene rings is 2. The standard InChI is InChI=1S/C22H18ClNO5/c1-13-4-3-5-19(14(13)2)24-21(26)12-28-22(27)17-10-15(6-8-18(17)23)20-9-7-16(11-25)29-20/h3-11H,12H2,1-2H3,(H,24,26). The van der Waals surface area contributed by atoms with E-state index in [9.17, 15) is 14.4 Å². The summed E-state index contributed by atoms with van der Waals surface area (Å²) in [6, 6.07) is 13.3. The first-order valence-electron chi connectivity index (χ1n) is 8.77. The Hall–Kier alpha value is -3.38. The van der Waals surface area contributed by atoms with Gasteiger partial charge in [-0.1, -0.05) is 23.7 Å². The molecule has 0 spiro atoms. The van der Waals surface area contributed by atoms with Crippen LogP contribution >= 0.6 is 11.6 Å². The molecule has 0 saturated heterocycles. The average Bonchev–Trinajstić information content (AvgIpc) is 3.19. The number of anilines is 1. The number of hydrogen-bond donors (Lipinski definition) is 1. The first kappa shape index (κ1) is 20.4. The van der Waals surface area contributed by atoms with Crippen LogP contribution in [0.4, 0.5) is 5.69 Å². The van der Waals surface area contributed by atoms with Crippen LogP contribution in [0.3, 0.4) is 0 Å². The van der Waals surface area contributed by atoms with Crippen molar-refractivity contribution in [2.24, 2.45) is 0 Å². The van der Waals surface area contributed by atoms with Gasteiger partial charge in [0, 0.05) is 11.3 Å². The van der Waals surface area contributed by atoms with Crippen LogP contribution in [0.25, 0.3) is 11.3 Å². The van der Waals surface area contributed by atoms with E-state index in [2.05, 4.69) is 5.32 Å². The molecule has 0 radical (unpaired) electrons. The predicted octanol–water partition coefficient (Wildman–Crippen LogP) is 4.82. The lowest BCUT2D eigenvalue weighted by Crippen LogP contribution is -2.21. The number of aldehydes is 1. The number of hydrogen-bond acceptors (Lipinski definition) is 5. The Morgan fingerprint density at radius 3 is 2.66 bits per heavy atom. The van der Waals surface area contributed by atoms with Crippen molar-refractivity contribution in [3.05, 3.63) is 76.0 Å². The molecule has 0 aliphatic rings. The van der Waals surface area contributed by atoms with Gasteiger partial charge in [0.2, 0.25) is 0 Å². The van der Waals surface area contributed by atoms with Gasteiger partial charge in [-0.25, -0.2) is 4.79 Å². The van der Waals surface area contributed by atoms with Gasteiger partial charge in [-0.3, -0.25) is 9.59 Å². The Kier molecular flexibility index (Phi) is 6.14.